The highest BCUT2D eigenvalue weighted by atomic mass is 35.5. The molecular weight excluding hydrogens is 443 g/mol. The van der Waals surface area contributed by atoms with Crippen LogP contribution in [-0.2, 0) is 14.8 Å². The van der Waals surface area contributed by atoms with Gasteiger partial charge in [-0.25, -0.2) is 8.42 Å². The third-order valence-corrected chi connectivity index (χ3v) is 8.74. The number of anilines is 1. The lowest BCUT2D eigenvalue weighted by Gasteiger charge is -2.37. The van der Waals surface area contributed by atoms with E-state index < -0.39 is 10.0 Å². The minimum Gasteiger partial charge on any atom is -0.312 e. The third-order valence-electron chi connectivity index (χ3n) is 6.12. The maximum atomic E-state index is 13.3. The number of piperidine rings is 1. The molecule has 30 heavy (non-hydrogen) atoms. The Morgan fingerprint density at radius 3 is 2.43 bits per heavy atom. The summed E-state index contributed by atoms with van der Waals surface area (Å²) in [5.74, 6) is 0.333. The van der Waals surface area contributed by atoms with E-state index in [1.165, 1.54) is 22.0 Å². The number of hydrogen-bond acceptors (Lipinski definition) is 3. The summed E-state index contributed by atoms with van der Waals surface area (Å²) in [6.45, 7) is 3.46. The van der Waals surface area contributed by atoms with Crippen molar-refractivity contribution in [2.45, 2.75) is 37.0 Å². The predicted octanol–water partition coefficient (Wildman–Crippen LogP) is 4.93. The minimum absolute atomic E-state index is 0.0142. The molecule has 2 aromatic carbocycles. The number of carbonyl (C=O) groups is 1. The third kappa shape index (κ3) is 3.98. The number of rotatable bonds is 3. The Morgan fingerprint density at radius 1 is 1.00 bits per heavy atom. The van der Waals surface area contributed by atoms with Gasteiger partial charge in [0.25, 0.3) is 0 Å². The largest absolute Gasteiger partial charge is 0.312 e. The van der Waals surface area contributed by atoms with Crippen LogP contribution < -0.4 is 4.90 Å². The summed E-state index contributed by atoms with van der Waals surface area (Å²) >= 11 is 12.1. The van der Waals surface area contributed by atoms with Gasteiger partial charge in [-0.3, -0.25) is 4.79 Å². The van der Waals surface area contributed by atoms with Crippen molar-refractivity contribution in [3.63, 3.8) is 0 Å². The maximum Gasteiger partial charge on any atom is 0.244 e. The molecule has 1 amide bonds. The Bertz CT molecular complexity index is 1070. The molecule has 160 valence electrons. The van der Waals surface area contributed by atoms with E-state index in [9.17, 15) is 13.2 Å². The zero-order chi connectivity index (χ0) is 21.5. The average Bonchev–Trinajstić information content (AvgIpc) is 2.75. The van der Waals surface area contributed by atoms with E-state index in [-0.39, 0.29) is 34.8 Å². The van der Waals surface area contributed by atoms with E-state index in [4.69, 9.17) is 23.2 Å². The molecule has 2 heterocycles. The molecule has 4 rings (SSSR count). The monoisotopic (exact) mass is 466 g/mol. The number of sulfonamides is 1. The second-order valence-electron chi connectivity index (χ2n) is 7.99. The van der Waals surface area contributed by atoms with Gasteiger partial charge in [-0.1, -0.05) is 48.3 Å². The van der Waals surface area contributed by atoms with Crippen LogP contribution in [0, 0.1) is 5.92 Å². The molecule has 1 fully saturated rings. The van der Waals surface area contributed by atoms with Crippen LogP contribution >= 0.6 is 23.2 Å². The Balaban J connectivity index is 1.48. The van der Waals surface area contributed by atoms with Crippen LogP contribution in [0.3, 0.4) is 0 Å². The predicted molar refractivity (Wildman–Crippen MR) is 120 cm³/mol. The van der Waals surface area contributed by atoms with E-state index in [0.29, 0.717) is 30.3 Å². The van der Waals surface area contributed by atoms with Gasteiger partial charge in [-0.05, 0) is 55.0 Å². The Labute approximate surface area is 187 Å². The standard InChI is InChI=1S/C22H24Cl2N2O3S/c1-15-8-13-26(20-5-3-2-4-18(15)20)22(27)16-9-11-25(12-10-16)30(28,29)21-14-17(23)6-7-19(21)24/h2-7,14-16H,8-13H2,1H3. The van der Waals surface area contributed by atoms with Crippen LogP contribution in [0.4, 0.5) is 5.69 Å². The van der Waals surface area contributed by atoms with E-state index in [1.54, 1.807) is 6.07 Å². The van der Waals surface area contributed by atoms with Gasteiger partial charge in [0.15, 0.2) is 0 Å². The first-order valence-corrected chi connectivity index (χ1v) is 12.3. The summed E-state index contributed by atoms with van der Waals surface area (Å²) in [4.78, 5) is 15.2. The number of carbonyl (C=O) groups excluding carboxylic acids is 1. The van der Waals surface area contributed by atoms with Crippen molar-refractivity contribution in [2.75, 3.05) is 24.5 Å². The van der Waals surface area contributed by atoms with Crippen LogP contribution in [0.5, 0.6) is 0 Å². The molecule has 2 aliphatic rings. The van der Waals surface area contributed by atoms with Crippen LogP contribution in [0.15, 0.2) is 47.4 Å². The zero-order valence-electron chi connectivity index (χ0n) is 16.7. The molecule has 1 saturated heterocycles. The Kier molecular flexibility index (Phi) is 6.13. The second-order valence-corrected chi connectivity index (χ2v) is 10.7. The summed E-state index contributed by atoms with van der Waals surface area (Å²) < 4.78 is 27.5. The maximum absolute atomic E-state index is 13.3. The van der Waals surface area contributed by atoms with Crippen LogP contribution in [0.2, 0.25) is 10.0 Å². The highest BCUT2D eigenvalue weighted by molar-refractivity contribution is 7.89. The van der Waals surface area contributed by atoms with E-state index in [1.807, 2.05) is 23.1 Å². The van der Waals surface area contributed by atoms with Crippen molar-refractivity contribution in [2.24, 2.45) is 5.92 Å². The number of para-hydroxylation sites is 1. The molecule has 0 aliphatic carbocycles. The van der Waals surface area contributed by atoms with Gasteiger partial charge in [-0.15, -0.1) is 0 Å². The molecule has 0 aromatic heterocycles. The van der Waals surface area contributed by atoms with Gasteiger partial charge in [0.1, 0.15) is 4.90 Å². The lowest BCUT2D eigenvalue weighted by atomic mass is 9.89. The number of benzene rings is 2. The van der Waals surface area contributed by atoms with Crippen LogP contribution in [-0.4, -0.2) is 38.3 Å². The second kappa shape index (κ2) is 8.50. The number of nitrogens with zero attached hydrogens (tertiary/aromatic N) is 2. The van der Waals surface area contributed by atoms with Crippen molar-refractivity contribution in [3.8, 4) is 0 Å². The fourth-order valence-electron chi connectivity index (χ4n) is 4.36. The lowest BCUT2D eigenvalue weighted by molar-refractivity contribution is -0.123. The summed E-state index contributed by atoms with van der Waals surface area (Å²) in [7, 11) is -3.75. The number of amides is 1. The molecule has 0 radical (unpaired) electrons. The molecule has 2 aliphatic heterocycles. The van der Waals surface area contributed by atoms with Gasteiger partial charge in [0.2, 0.25) is 15.9 Å². The SMILES string of the molecule is CC1CCN(C(=O)C2CCN(S(=O)(=O)c3cc(Cl)ccc3Cl)CC2)c2ccccc21. The highest BCUT2D eigenvalue weighted by Crippen LogP contribution is 2.37. The molecule has 0 saturated carbocycles. The molecule has 1 atom stereocenters. The van der Waals surface area contributed by atoms with Crippen molar-refractivity contribution >= 4 is 44.8 Å². The van der Waals surface area contributed by atoms with Crippen molar-refractivity contribution in [3.05, 3.63) is 58.1 Å². The summed E-state index contributed by atoms with van der Waals surface area (Å²) in [6.07, 6.45) is 1.91. The van der Waals surface area contributed by atoms with Crippen molar-refractivity contribution in [1.82, 2.24) is 4.31 Å². The lowest BCUT2D eigenvalue weighted by Crippen LogP contribution is -2.46. The summed E-state index contributed by atoms with van der Waals surface area (Å²) in [5.41, 5.74) is 2.19. The first-order valence-electron chi connectivity index (χ1n) is 10.1. The van der Waals surface area contributed by atoms with Gasteiger partial charge in [0.05, 0.1) is 5.02 Å². The van der Waals surface area contributed by atoms with Gasteiger partial charge in [-0.2, -0.15) is 4.31 Å². The molecule has 1 unspecified atom stereocenters. The molecule has 0 N–H and O–H groups in total. The first kappa shape index (κ1) is 21.6. The van der Waals surface area contributed by atoms with E-state index >= 15 is 0 Å². The topological polar surface area (TPSA) is 57.7 Å². The number of halogens is 2. The normalized spacial score (nSPS) is 20.8. The number of hydrogen-bond donors (Lipinski definition) is 0. The molecule has 5 nitrogen and oxygen atoms in total. The van der Waals surface area contributed by atoms with Crippen LogP contribution in [0.1, 0.15) is 37.7 Å². The summed E-state index contributed by atoms with van der Waals surface area (Å²) in [6, 6.07) is 12.5. The van der Waals surface area contributed by atoms with Crippen molar-refractivity contribution < 1.29 is 13.2 Å². The van der Waals surface area contributed by atoms with Gasteiger partial charge in [0, 0.05) is 36.3 Å². The first-order chi connectivity index (χ1) is 14.3. The highest BCUT2D eigenvalue weighted by Gasteiger charge is 2.36. The summed E-state index contributed by atoms with van der Waals surface area (Å²) in [5, 5.41) is 0.470. The number of fused-ring (bicyclic) bond motifs is 1. The Hall–Kier alpha value is -1.60. The average molecular weight is 467 g/mol. The van der Waals surface area contributed by atoms with Gasteiger partial charge < -0.3 is 4.90 Å². The fraction of sp³-hybridized carbons (Fsp3) is 0.409. The molecular formula is C22H24Cl2N2O3S. The van der Waals surface area contributed by atoms with Crippen molar-refractivity contribution in [1.29, 1.82) is 0 Å². The minimum atomic E-state index is -3.75. The smallest absolute Gasteiger partial charge is 0.244 e. The molecule has 0 bridgehead atoms. The van der Waals surface area contributed by atoms with E-state index in [0.717, 1.165) is 12.1 Å². The fourth-order valence-corrected chi connectivity index (χ4v) is 6.56. The van der Waals surface area contributed by atoms with E-state index in [2.05, 4.69) is 13.0 Å². The van der Waals surface area contributed by atoms with Crippen LogP contribution in [0.25, 0.3) is 0 Å². The molecule has 0 spiro atoms. The quantitative estimate of drug-likeness (QED) is 0.643. The molecule has 2 aromatic rings. The zero-order valence-corrected chi connectivity index (χ0v) is 19.1. The van der Waals surface area contributed by atoms with Gasteiger partial charge >= 0.3 is 0 Å². The Morgan fingerprint density at radius 2 is 1.70 bits per heavy atom. The molecule has 8 heteroatoms.